The fourth-order valence-corrected chi connectivity index (χ4v) is 2.85. The molecule has 0 saturated carbocycles. The quantitative estimate of drug-likeness (QED) is 0.409. The maximum Gasteiger partial charge on any atom is 0.253 e. The third-order valence-electron chi connectivity index (χ3n) is 4.35. The number of aromatic nitrogens is 6. The van der Waals surface area contributed by atoms with Crippen LogP contribution in [-0.4, -0.2) is 55.5 Å². The Morgan fingerprint density at radius 2 is 2.06 bits per heavy atom. The highest BCUT2D eigenvalue weighted by atomic mass is 16.5. The standard InChI is InChI=1S/C20H19N7O4/c1-30-15-4-2-3-14(11-15)20-24-23-16-5-6-18(25-27(16)20)31-10-9-22-17(28)12-26-13-21-8-7-19(26)29/h2-8,11,13H,9-10,12H2,1H3,(H,22,28). The molecule has 1 aromatic carbocycles. The third-order valence-corrected chi connectivity index (χ3v) is 4.35. The smallest absolute Gasteiger partial charge is 0.253 e. The van der Waals surface area contributed by atoms with Gasteiger partial charge < -0.3 is 14.8 Å². The molecule has 0 bridgehead atoms. The van der Waals surface area contributed by atoms with Crippen molar-refractivity contribution >= 4 is 11.6 Å². The minimum atomic E-state index is -0.318. The van der Waals surface area contributed by atoms with E-state index in [1.165, 1.54) is 23.2 Å². The van der Waals surface area contributed by atoms with Crippen molar-refractivity contribution in [2.75, 3.05) is 20.3 Å². The second kappa shape index (κ2) is 9.03. The number of rotatable bonds is 8. The van der Waals surface area contributed by atoms with Gasteiger partial charge in [0.2, 0.25) is 11.8 Å². The number of benzene rings is 1. The number of amides is 1. The number of nitrogens with zero attached hydrogens (tertiary/aromatic N) is 6. The van der Waals surface area contributed by atoms with Gasteiger partial charge in [-0.05, 0) is 18.2 Å². The highest BCUT2D eigenvalue weighted by Gasteiger charge is 2.11. The lowest BCUT2D eigenvalue weighted by molar-refractivity contribution is -0.121. The number of carbonyl (C=O) groups excluding carboxylic acids is 1. The predicted octanol–water partition coefficient (Wildman–Crippen LogP) is 0.552. The van der Waals surface area contributed by atoms with Crippen molar-refractivity contribution in [1.82, 2.24) is 34.7 Å². The van der Waals surface area contributed by atoms with Crippen LogP contribution >= 0.6 is 0 Å². The Morgan fingerprint density at radius 1 is 1.16 bits per heavy atom. The van der Waals surface area contributed by atoms with Crippen LogP contribution < -0.4 is 20.3 Å². The van der Waals surface area contributed by atoms with E-state index in [-0.39, 0.29) is 31.2 Å². The lowest BCUT2D eigenvalue weighted by Crippen LogP contribution is -2.34. The Labute approximate surface area is 176 Å². The number of methoxy groups -OCH3 is 1. The minimum Gasteiger partial charge on any atom is -0.497 e. The van der Waals surface area contributed by atoms with Crippen molar-refractivity contribution in [3.8, 4) is 23.0 Å². The van der Waals surface area contributed by atoms with Crippen molar-refractivity contribution in [3.05, 3.63) is 65.3 Å². The Bertz CT molecular complexity index is 1270. The van der Waals surface area contributed by atoms with E-state index in [2.05, 4.69) is 25.6 Å². The molecule has 4 aromatic rings. The summed E-state index contributed by atoms with van der Waals surface area (Å²) in [5, 5.41) is 15.4. The normalized spacial score (nSPS) is 10.7. The molecule has 3 heterocycles. The van der Waals surface area contributed by atoms with E-state index in [1.807, 2.05) is 24.3 Å². The van der Waals surface area contributed by atoms with Gasteiger partial charge in [-0.15, -0.1) is 15.3 Å². The van der Waals surface area contributed by atoms with Gasteiger partial charge in [0, 0.05) is 23.9 Å². The van der Waals surface area contributed by atoms with Crippen LogP contribution in [0.25, 0.3) is 17.0 Å². The van der Waals surface area contributed by atoms with Gasteiger partial charge in [-0.25, -0.2) is 4.98 Å². The predicted molar refractivity (Wildman–Crippen MR) is 110 cm³/mol. The Kier molecular flexibility index (Phi) is 5.83. The average molecular weight is 421 g/mol. The summed E-state index contributed by atoms with van der Waals surface area (Å²) in [6.45, 7) is 0.336. The van der Waals surface area contributed by atoms with Gasteiger partial charge in [0.25, 0.3) is 5.56 Å². The van der Waals surface area contributed by atoms with E-state index in [9.17, 15) is 9.59 Å². The number of fused-ring (bicyclic) bond motifs is 1. The summed E-state index contributed by atoms with van der Waals surface area (Å²) in [5.41, 5.74) is 1.08. The van der Waals surface area contributed by atoms with E-state index in [1.54, 1.807) is 23.8 Å². The highest BCUT2D eigenvalue weighted by Crippen LogP contribution is 2.23. The molecule has 11 nitrogen and oxygen atoms in total. The zero-order valence-electron chi connectivity index (χ0n) is 16.6. The van der Waals surface area contributed by atoms with Gasteiger partial charge in [0.15, 0.2) is 11.5 Å². The second-order valence-corrected chi connectivity index (χ2v) is 6.44. The molecule has 31 heavy (non-hydrogen) atoms. The van der Waals surface area contributed by atoms with Gasteiger partial charge in [-0.1, -0.05) is 12.1 Å². The highest BCUT2D eigenvalue weighted by molar-refractivity contribution is 5.75. The van der Waals surface area contributed by atoms with Gasteiger partial charge in [0.1, 0.15) is 18.9 Å². The van der Waals surface area contributed by atoms with Crippen molar-refractivity contribution in [1.29, 1.82) is 0 Å². The molecule has 4 rings (SSSR count). The van der Waals surface area contributed by atoms with Gasteiger partial charge >= 0.3 is 0 Å². The lowest BCUT2D eigenvalue weighted by Gasteiger charge is -2.08. The van der Waals surface area contributed by atoms with E-state index < -0.39 is 0 Å². The summed E-state index contributed by atoms with van der Waals surface area (Å²) in [4.78, 5) is 27.4. The molecule has 11 heteroatoms. The molecular weight excluding hydrogens is 402 g/mol. The van der Waals surface area contributed by atoms with Gasteiger partial charge in [-0.3, -0.25) is 14.2 Å². The van der Waals surface area contributed by atoms with Crippen molar-refractivity contribution in [2.24, 2.45) is 0 Å². The average Bonchev–Trinajstić information content (AvgIpc) is 3.22. The number of hydrogen-bond donors (Lipinski definition) is 1. The van der Waals surface area contributed by atoms with E-state index >= 15 is 0 Å². The van der Waals surface area contributed by atoms with Gasteiger partial charge in [0.05, 0.1) is 20.0 Å². The molecule has 0 unspecified atom stereocenters. The van der Waals surface area contributed by atoms with E-state index in [0.717, 1.165) is 5.56 Å². The molecule has 0 aliphatic rings. The first-order valence-corrected chi connectivity index (χ1v) is 9.41. The number of hydrogen-bond acceptors (Lipinski definition) is 8. The summed E-state index contributed by atoms with van der Waals surface area (Å²) in [7, 11) is 1.60. The molecular formula is C20H19N7O4. The lowest BCUT2D eigenvalue weighted by atomic mass is 10.2. The minimum absolute atomic E-state index is 0.110. The molecule has 0 atom stereocenters. The van der Waals surface area contributed by atoms with Crippen LogP contribution in [0.5, 0.6) is 11.6 Å². The van der Waals surface area contributed by atoms with Gasteiger partial charge in [-0.2, -0.15) is 4.52 Å². The first-order chi connectivity index (χ1) is 15.1. The molecule has 0 spiro atoms. The summed E-state index contributed by atoms with van der Waals surface area (Å²) >= 11 is 0. The Morgan fingerprint density at radius 3 is 2.90 bits per heavy atom. The summed E-state index contributed by atoms with van der Waals surface area (Å²) in [6.07, 6.45) is 2.69. The largest absolute Gasteiger partial charge is 0.497 e. The van der Waals surface area contributed by atoms with E-state index in [4.69, 9.17) is 9.47 Å². The Hall–Kier alpha value is -4.28. The molecule has 0 saturated heterocycles. The fourth-order valence-electron chi connectivity index (χ4n) is 2.85. The molecule has 158 valence electrons. The first kappa shape index (κ1) is 20.0. The van der Waals surface area contributed by atoms with Crippen LogP contribution in [0.3, 0.4) is 0 Å². The molecule has 0 aliphatic heterocycles. The van der Waals surface area contributed by atoms with Crippen LogP contribution in [0.1, 0.15) is 0 Å². The SMILES string of the molecule is COc1cccc(-c2nnc3ccc(OCCNC(=O)Cn4cnccc4=O)nn23)c1. The van der Waals surface area contributed by atoms with Crippen molar-refractivity contribution in [3.63, 3.8) is 0 Å². The molecule has 3 aromatic heterocycles. The molecule has 1 amide bonds. The van der Waals surface area contributed by atoms with Crippen LogP contribution in [-0.2, 0) is 11.3 Å². The molecule has 0 aliphatic carbocycles. The topological polar surface area (TPSA) is 126 Å². The van der Waals surface area contributed by atoms with Crippen LogP contribution in [0.4, 0.5) is 0 Å². The number of ether oxygens (including phenoxy) is 2. The fraction of sp³-hybridized carbons (Fsp3) is 0.200. The van der Waals surface area contributed by atoms with Crippen LogP contribution in [0.2, 0.25) is 0 Å². The first-order valence-electron chi connectivity index (χ1n) is 9.41. The van der Waals surface area contributed by atoms with Crippen LogP contribution in [0.15, 0.2) is 59.8 Å². The summed E-state index contributed by atoms with van der Waals surface area (Å²) in [6, 6.07) is 12.1. The summed E-state index contributed by atoms with van der Waals surface area (Å²) in [5.74, 6) is 1.29. The monoisotopic (exact) mass is 421 g/mol. The molecule has 0 radical (unpaired) electrons. The number of carbonyl (C=O) groups is 1. The van der Waals surface area contributed by atoms with Crippen LogP contribution in [0, 0.1) is 0 Å². The zero-order valence-corrected chi connectivity index (χ0v) is 16.6. The zero-order chi connectivity index (χ0) is 21.6. The van der Waals surface area contributed by atoms with Crippen molar-refractivity contribution in [2.45, 2.75) is 6.54 Å². The second-order valence-electron chi connectivity index (χ2n) is 6.44. The van der Waals surface area contributed by atoms with E-state index in [0.29, 0.717) is 23.1 Å². The molecule has 1 N–H and O–H groups in total. The maximum absolute atomic E-state index is 12.0. The number of nitrogens with one attached hydrogen (secondary N) is 1. The maximum atomic E-state index is 12.0. The third kappa shape index (κ3) is 4.66. The molecule has 0 fully saturated rings. The Balaban J connectivity index is 1.37. The van der Waals surface area contributed by atoms with Crippen molar-refractivity contribution < 1.29 is 14.3 Å². The summed E-state index contributed by atoms with van der Waals surface area (Å²) < 4.78 is 13.7.